The number of amides is 2. The molecule has 2 aromatic carbocycles. The van der Waals surface area contributed by atoms with E-state index in [0.29, 0.717) is 40.3 Å². The van der Waals surface area contributed by atoms with Crippen LogP contribution in [0, 0.1) is 5.82 Å². The Labute approximate surface area is 180 Å². The van der Waals surface area contributed by atoms with Crippen LogP contribution in [-0.2, 0) is 16.1 Å². The predicted molar refractivity (Wildman–Crippen MR) is 112 cm³/mol. The Morgan fingerprint density at radius 2 is 1.90 bits per heavy atom. The number of urea groups is 1. The highest BCUT2D eigenvalue weighted by molar-refractivity contribution is 5.95. The van der Waals surface area contributed by atoms with Crippen molar-refractivity contribution in [1.29, 1.82) is 0 Å². The fourth-order valence-electron chi connectivity index (χ4n) is 3.42. The van der Waals surface area contributed by atoms with Crippen molar-refractivity contribution in [2.45, 2.75) is 32.4 Å². The van der Waals surface area contributed by atoms with Crippen LogP contribution in [0.2, 0.25) is 0 Å². The van der Waals surface area contributed by atoms with E-state index in [4.69, 9.17) is 14.2 Å². The molecule has 3 rings (SSSR count). The van der Waals surface area contributed by atoms with Gasteiger partial charge < -0.3 is 24.8 Å². The smallest absolute Gasteiger partial charge is 0.337 e. The highest BCUT2D eigenvalue weighted by atomic mass is 19.1. The van der Waals surface area contributed by atoms with E-state index in [1.165, 1.54) is 20.3 Å². The second-order valence-electron chi connectivity index (χ2n) is 6.96. The summed E-state index contributed by atoms with van der Waals surface area (Å²) in [6, 6.07) is 10.3. The topological polar surface area (TPSA) is 85.9 Å². The van der Waals surface area contributed by atoms with Crippen molar-refractivity contribution in [3.05, 3.63) is 70.7 Å². The number of methoxy groups -OCH3 is 2. The third kappa shape index (κ3) is 4.96. The van der Waals surface area contributed by atoms with Gasteiger partial charge in [-0.3, -0.25) is 0 Å². The lowest BCUT2D eigenvalue weighted by molar-refractivity contribution is -0.136. The molecule has 0 saturated carbocycles. The number of esters is 1. The zero-order valence-corrected chi connectivity index (χ0v) is 17.7. The molecule has 0 spiro atoms. The minimum Gasteiger partial charge on any atom is -0.493 e. The monoisotopic (exact) mass is 428 g/mol. The predicted octanol–water partition coefficient (Wildman–Crippen LogP) is 3.99. The third-order valence-corrected chi connectivity index (χ3v) is 4.92. The second-order valence-corrected chi connectivity index (χ2v) is 6.96. The molecule has 31 heavy (non-hydrogen) atoms. The number of carbonyl (C=O) groups is 2. The Kier molecular flexibility index (Phi) is 7.12. The van der Waals surface area contributed by atoms with E-state index < -0.39 is 18.0 Å². The minimum absolute atomic E-state index is 0.0282. The maximum Gasteiger partial charge on any atom is 0.337 e. The average Bonchev–Trinajstić information content (AvgIpc) is 2.78. The van der Waals surface area contributed by atoms with Crippen molar-refractivity contribution in [3.8, 4) is 11.5 Å². The van der Waals surface area contributed by atoms with Crippen molar-refractivity contribution in [2.24, 2.45) is 0 Å². The molecule has 8 heteroatoms. The number of benzene rings is 2. The Hall–Kier alpha value is -3.55. The number of ether oxygens (including phenoxy) is 3. The molecule has 1 atom stereocenters. The fraction of sp³-hybridized carbons (Fsp3) is 0.304. The molecule has 0 bridgehead atoms. The number of hydrogen-bond donors (Lipinski definition) is 2. The number of carbonyl (C=O) groups excluding carboxylic acids is 2. The van der Waals surface area contributed by atoms with Crippen molar-refractivity contribution in [3.63, 3.8) is 0 Å². The quantitative estimate of drug-likeness (QED) is 0.621. The summed E-state index contributed by atoms with van der Waals surface area (Å²) in [4.78, 5) is 24.7. The van der Waals surface area contributed by atoms with Crippen molar-refractivity contribution in [2.75, 3.05) is 14.2 Å². The maximum atomic E-state index is 13.9. The van der Waals surface area contributed by atoms with E-state index in [1.54, 1.807) is 36.4 Å². The van der Waals surface area contributed by atoms with Crippen LogP contribution in [0.3, 0.4) is 0 Å². The number of allylic oxidation sites excluding steroid dienone is 1. The third-order valence-electron chi connectivity index (χ3n) is 4.92. The van der Waals surface area contributed by atoms with Crippen LogP contribution >= 0.6 is 0 Å². The lowest BCUT2D eigenvalue weighted by atomic mass is 9.93. The standard InChI is InChI=1S/C23H25FN2O5/c1-4-7-17-20(22(27)30-3)21(26-23(28)25-17)14-10-11-18(19(12-14)29-2)31-13-15-8-5-6-9-16(15)24/h5-6,8-12,21H,4,7,13H2,1-3H3,(H2,25,26,28). The summed E-state index contributed by atoms with van der Waals surface area (Å²) in [5.41, 5.74) is 1.91. The summed E-state index contributed by atoms with van der Waals surface area (Å²) in [7, 11) is 2.78. The second kappa shape index (κ2) is 9.97. The van der Waals surface area contributed by atoms with Gasteiger partial charge >= 0.3 is 12.0 Å². The van der Waals surface area contributed by atoms with Crippen molar-refractivity contribution < 1.29 is 28.2 Å². The van der Waals surface area contributed by atoms with Crippen LogP contribution in [0.1, 0.15) is 36.9 Å². The first kappa shape index (κ1) is 22.1. The molecule has 7 nitrogen and oxygen atoms in total. The van der Waals surface area contributed by atoms with Gasteiger partial charge in [0.05, 0.1) is 25.8 Å². The highest BCUT2D eigenvalue weighted by Gasteiger charge is 2.33. The number of rotatable bonds is 8. The molecule has 0 aromatic heterocycles. The maximum absolute atomic E-state index is 13.9. The van der Waals surface area contributed by atoms with Gasteiger partial charge in [0.2, 0.25) is 0 Å². The van der Waals surface area contributed by atoms with Gasteiger partial charge in [0.25, 0.3) is 0 Å². The van der Waals surface area contributed by atoms with Gasteiger partial charge in [-0.2, -0.15) is 0 Å². The van der Waals surface area contributed by atoms with Crippen LogP contribution in [0.25, 0.3) is 0 Å². The Morgan fingerprint density at radius 3 is 2.58 bits per heavy atom. The van der Waals surface area contributed by atoms with Crippen LogP contribution in [0.15, 0.2) is 53.7 Å². The molecule has 1 unspecified atom stereocenters. The van der Waals surface area contributed by atoms with Crippen LogP contribution < -0.4 is 20.1 Å². The number of halogens is 1. The van der Waals surface area contributed by atoms with E-state index in [-0.39, 0.29) is 12.4 Å². The fourth-order valence-corrected chi connectivity index (χ4v) is 3.42. The Balaban J connectivity index is 1.92. The molecule has 1 aliphatic heterocycles. The minimum atomic E-state index is -0.711. The molecule has 2 aromatic rings. The van der Waals surface area contributed by atoms with E-state index in [1.807, 2.05) is 6.92 Å². The Morgan fingerprint density at radius 1 is 1.13 bits per heavy atom. The molecular weight excluding hydrogens is 403 g/mol. The molecule has 2 N–H and O–H groups in total. The summed E-state index contributed by atoms with van der Waals surface area (Å²) < 4.78 is 30.0. The summed E-state index contributed by atoms with van der Waals surface area (Å²) in [5, 5.41) is 5.47. The first-order valence-corrected chi connectivity index (χ1v) is 9.91. The van der Waals surface area contributed by atoms with Crippen molar-refractivity contribution in [1.82, 2.24) is 10.6 Å². The van der Waals surface area contributed by atoms with E-state index in [0.717, 1.165) is 6.42 Å². The zero-order valence-electron chi connectivity index (χ0n) is 17.7. The molecule has 0 saturated heterocycles. The largest absolute Gasteiger partial charge is 0.493 e. The molecule has 2 amide bonds. The normalized spacial score (nSPS) is 15.7. The summed E-state index contributed by atoms with van der Waals surface area (Å²) >= 11 is 0. The van der Waals surface area contributed by atoms with Crippen LogP contribution in [-0.4, -0.2) is 26.2 Å². The molecule has 164 valence electrons. The zero-order chi connectivity index (χ0) is 22.4. The lowest BCUT2D eigenvalue weighted by Gasteiger charge is -2.29. The summed E-state index contributed by atoms with van der Waals surface area (Å²) in [5.74, 6) is -0.0818. The molecule has 0 radical (unpaired) electrons. The molecule has 0 fully saturated rings. The summed E-state index contributed by atoms with van der Waals surface area (Å²) in [6.07, 6.45) is 1.27. The highest BCUT2D eigenvalue weighted by Crippen LogP contribution is 2.35. The summed E-state index contributed by atoms with van der Waals surface area (Å²) in [6.45, 7) is 1.98. The van der Waals surface area contributed by atoms with Gasteiger partial charge in [0.15, 0.2) is 11.5 Å². The van der Waals surface area contributed by atoms with E-state index in [2.05, 4.69) is 10.6 Å². The van der Waals surface area contributed by atoms with Crippen molar-refractivity contribution >= 4 is 12.0 Å². The SMILES string of the molecule is CCCC1=C(C(=O)OC)C(c2ccc(OCc3ccccc3F)c(OC)c2)NC(=O)N1. The van der Waals surface area contributed by atoms with Crippen LogP contribution in [0.4, 0.5) is 9.18 Å². The Bertz CT molecular complexity index is 1010. The van der Waals surface area contributed by atoms with Gasteiger partial charge in [-0.1, -0.05) is 37.6 Å². The van der Waals surface area contributed by atoms with Crippen LogP contribution in [0.5, 0.6) is 11.5 Å². The molecule has 0 aliphatic carbocycles. The average molecular weight is 428 g/mol. The first-order chi connectivity index (χ1) is 15.0. The van der Waals surface area contributed by atoms with Gasteiger partial charge in [-0.25, -0.2) is 14.0 Å². The van der Waals surface area contributed by atoms with Gasteiger partial charge in [0.1, 0.15) is 12.4 Å². The van der Waals surface area contributed by atoms with Gasteiger partial charge in [0, 0.05) is 11.3 Å². The van der Waals surface area contributed by atoms with Gasteiger partial charge in [-0.05, 0) is 30.2 Å². The number of nitrogens with one attached hydrogen (secondary N) is 2. The van der Waals surface area contributed by atoms with E-state index in [9.17, 15) is 14.0 Å². The molecule has 1 aliphatic rings. The first-order valence-electron chi connectivity index (χ1n) is 9.91. The molecular formula is C23H25FN2O5. The number of hydrogen-bond acceptors (Lipinski definition) is 5. The van der Waals surface area contributed by atoms with E-state index >= 15 is 0 Å². The van der Waals surface area contributed by atoms with Gasteiger partial charge in [-0.15, -0.1) is 0 Å². The molecule has 1 heterocycles. The lowest BCUT2D eigenvalue weighted by Crippen LogP contribution is -2.45.